The number of anilines is 3. The van der Waals surface area contributed by atoms with Crippen molar-refractivity contribution >= 4 is 34.6 Å². The molecule has 3 N–H and O–H groups in total. The summed E-state index contributed by atoms with van der Waals surface area (Å²) < 4.78 is 14.6. The van der Waals surface area contributed by atoms with Crippen molar-refractivity contribution in [2.45, 2.75) is 13.8 Å². The number of hydrogen-bond donors (Lipinski definition) is 2. The Balaban J connectivity index is 1.88. The van der Waals surface area contributed by atoms with E-state index in [4.69, 9.17) is 16.3 Å². The summed E-state index contributed by atoms with van der Waals surface area (Å²) in [6.07, 6.45) is 5.83. The van der Waals surface area contributed by atoms with Crippen LogP contribution in [-0.4, -0.2) is 19.9 Å². The van der Waals surface area contributed by atoms with Crippen LogP contribution < -0.4 is 11.1 Å². The van der Waals surface area contributed by atoms with Crippen molar-refractivity contribution in [2.24, 2.45) is 0 Å². The second-order valence-electron chi connectivity index (χ2n) is 7.30. The van der Waals surface area contributed by atoms with Crippen LogP contribution in [0, 0.1) is 42.3 Å². The number of nitrogens with zero attached hydrogens (tertiary/aromatic N) is 6. The van der Waals surface area contributed by atoms with Gasteiger partial charge in [0.1, 0.15) is 17.7 Å². The first kappa shape index (κ1) is 21.3. The molecule has 4 aromatic rings. The average Bonchev–Trinajstić information content (AvgIpc) is 2.78. The number of hydrogen-bond acceptors (Lipinski definition) is 8. The van der Waals surface area contributed by atoms with Gasteiger partial charge in [0.25, 0.3) is 0 Å². The molecule has 2 heterocycles. The number of allylic oxidation sites excluding steroid dienone is 1. The maximum atomic E-state index is 14.6. The molecule has 2 aromatic heterocycles. The number of aromatic nitrogens is 4. The molecule has 0 atom stereocenters. The van der Waals surface area contributed by atoms with E-state index in [0.717, 1.165) is 22.3 Å². The Bertz CT molecular complexity index is 1470. The van der Waals surface area contributed by atoms with Crippen molar-refractivity contribution in [3.8, 4) is 23.3 Å². The molecule has 8 nitrogen and oxygen atoms in total. The maximum Gasteiger partial charge on any atom is 0.230 e. The van der Waals surface area contributed by atoms with E-state index in [0.29, 0.717) is 22.3 Å². The Labute approximate surface area is 188 Å². The van der Waals surface area contributed by atoms with Crippen LogP contribution >= 0.6 is 0 Å². The van der Waals surface area contributed by atoms with Crippen molar-refractivity contribution in [1.29, 1.82) is 10.5 Å². The molecule has 0 aliphatic rings. The molecule has 160 valence electrons. The van der Waals surface area contributed by atoms with Gasteiger partial charge in [0.2, 0.25) is 5.95 Å². The Hall–Kier alpha value is -4.89. The molecule has 9 heteroatoms. The van der Waals surface area contributed by atoms with Gasteiger partial charge in [-0.2, -0.15) is 15.5 Å². The van der Waals surface area contributed by atoms with Crippen LogP contribution in [-0.2, 0) is 0 Å². The van der Waals surface area contributed by atoms with E-state index in [-0.39, 0.29) is 17.5 Å². The van der Waals surface area contributed by atoms with Crippen LogP contribution in [0.1, 0.15) is 22.4 Å². The highest BCUT2D eigenvalue weighted by atomic mass is 19.1. The number of nitrogens with one attached hydrogen (secondary N) is 1. The molecule has 0 aliphatic heterocycles. The van der Waals surface area contributed by atoms with Crippen LogP contribution in [0.15, 0.2) is 42.7 Å². The number of fused-ring (bicyclic) bond motifs is 1. The van der Waals surface area contributed by atoms with Crippen LogP contribution in [0.2, 0.25) is 0 Å². The fourth-order valence-corrected chi connectivity index (χ4v) is 3.68. The van der Waals surface area contributed by atoms with Gasteiger partial charge in [-0.3, -0.25) is 0 Å². The molecule has 0 bridgehead atoms. The monoisotopic (exact) mass is 436 g/mol. The van der Waals surface area contributed by atoms with E-state index in [9.17, 15) is 4.39 Å². The molecule has 0 saturated heterocycles. The molecular weight excluding hydrogens is 419 g/mol. The fourth-order valence-electron chi connectivity index (χ4n) is 3.68. The van der Waals surface area contributed by atoms with Gasteiger partial charge in [0.15, 0.2) is 11.5 Å². The van der Waals surface area contributed by atoms with Crippen LogP contribution in [0.4, 0.5) is 22.0 Å². The van der Waals surface area contributed by atoms with Gasteiger partial charge in [-0.05, 0) is 54.3 Å². The molecule has 0 aliphatic carbocycles. The summed E-state index contributed by atoms with van der Waals surface area (Å²) in [4.78, 5) is 16.9. The molecule has 0 unspecified atom stereocenters. The number of halogens is 1. The van der Waals surface area contributed by atoms with Gasteiger partial charge in [-0.25, -0.2) is 19.3 Å². The Morgan fingerprint density at radius 3 is 2.42 bits per heavy atom. The molecule has 33 heavy (non-hydrogen) atoms. The van der Waals surface area contributed by atoms with E-state index < -0.39 is 5.82 Å². The molecule has 0 saturated carbocycles. The third-order valence-electron chi connectivity index (χ3n) is 4.98. The molecule has 0 amide bonds. The van der Waals surface area contributed by atoms with Crippen molar-refractivity contribution in [3.63, 3.8) is 0 Å². The zero-order valence-electron chi connectivity index (χ0n) is 17.8. The quantitative estimate of drug-likeness (QED) is 0.444. The number of aryl methyl sites for hydroxylation is 2. The van der Waals surface area contributed by atoms with E-state index in [1.54, 1.807) is 6.08 Å². The largest absolute Gasteiger partial charge is 0.383 e. The van der Waals surface area contributed by atoms with E-state index >= 15 is 0 Å². The second kappa shape index (κ2) is 8.69. The predicted molar refractivity (Wildman–Crippen MR) is 123 cm³/mol. The van der Waals surface area contributed by atoms with Crippen molar-refractivity contribution in [2.75, 3.05) is 11.1 Å². The Kier molecular flexibility index (Phi) is 5.62. The van der Waals surface area contributed by atoms with Crippen LogP contribution in [0.25, 0.3) is 28.1 Å². The Morgan fingerprint density at radius 1 is 1.03 bits per heavy atom. The van der Waals surface area contributed by atoms with Crippen LogP contribution in [0.5, 0.6) is 0 Å². The summed E-state index contributed by atoms with van der Waals surface area (Å²) in [6.45, 7) is 3.83. The van der Waals surface area contributed by atoms with Crippen molar-refractivity contribution < 1.29 is 4.39 Å². The summed E-state index contributed by atoms with van der Waals surface area (Å²) in [5, 5.41) is 21.0. The normalized spacial score (nSPS) is 10.8. The van der Waals surface area contributed by atoms with Gasteiger partial charge in [0.05, 0.1) is 24.0 Å². The summed E-state index contributed by atoms with van der Waals surface area (Å²) in [7, 11) is 0. The van der Waals surface area contributed by atoms with Crippen molar-refractivity contribution in [1.82, 2.24) is 19.9 Å². The van der Waals surface area contributed by atoms with Gasteiger partial charge >= 0.3 is 0 Å². The zero-order valence-corrected chi connectivity index (χ0v) is 17.8. The highest BCUT2D eigenvalue weighted by Crippen LogP contribution is 2.36. The van der Waals surface area contributed by atoms with Crippen LogP contribution in [0.3, 0.4) is 0 Å². The first-order valence-corrected chi connectivity index (χ1v) is 9.83. The van der Waals surface area contributed by atoms with Gasteiger partial charge < -0.3 is 11.1 Å². The third kappa shape index (κ3) is 4.29. The molecule has 0 spiro atoms. The second-order valence-corrected chi connectivity index (χ2v) is 7.30. The number of nitrogens with two attached hydrogens (primary N) is 1. The summed E-state index contributed by atoms with van der Waals surface area (Å²) >= 11 is 0. The first-order chi connectivity index (χ1) is 15.9. The molecular formula is C24H17FN8. The van der Waals surface area contributed by atoms with E-state index in [2.05, 4.69) is 25.3 Å². The third-order valence-corrected chi connectivity index (χ3v) is 4.98. The highest BCUT2D eigenvalue weighted by Gasteiger charge is 2.17. The first-order valence-electron chi connectivity index (χ1n) is 9.83. The van der Waals surface area contributed by atoms with Gasteiger partial charge in [-0.15, -0.1) is 0 Å². The minimum absolute atomic E-state index is 0.105. The minimum atomic E-state index is -0.460. The topological polar surface area (TPSA) is 137 Å². The Morgan fingerprint density at radius 2 is 1.79 bits per heavy atom. The smallest absolute Gasteiger partial charge is 0.230 e. The van der Waals surface area contributed by atoms with Gasteiger partial charge in [-0.1, -0.05) is 12.1 Å². The number of nitriles is 2. The average molecular weight is 436 g/mol. The summed E-state index contributed by atoms with van der Waals surface area (Å²) in [5.41, 5.74) is 10.8. The maximum absolute atomic E-state index is 14.6. The molecule has 4 rings (SSSR count). The van der Waals surface area contributed by atoms with Crippen molar-refractivity contribution in [3.05, 3.63) is 70.9 Å². The summed E-state index contributed by atoms with van der Waals surface area (Å²) in [6, 6.07) is 10.4. The molecule has 0 radical (unpaired) electrons. The van der Waals surface area contributed by atoms with Gasteiger partial charge in [0, 0.05) is 17.0 Å². The molecule has 0 fully saturated rings. The number of nitrogen functional groups attached to an aromatic ring is 1. The lowest BCUT2D eigenvalue weighted by Gasteiger charge is -2.15. The lowest BCUT2D eigenvalue weighted by Crippen LogP contribution is -2.05. The standard InChI is InChI=1S/C24H17FN8/c1-13-6-15(4-3-5-26)7-14(2)21(13)18-8-16(25)9-19-22(18)32-24(33-23(19)28)31-20-12-29-17(10-27)11-30-20/h3-4,6-9,11-12H,1-2H3,(H3,28,30,31,32,33)/b4-3+. The predicted octanol–water partition coefficient (Wildman–Crippen LogP) is 4.58. The zero-order chi connectivity index (χ0) is 23.5. The SMILES string of the molecule is Cc1cc(/C=C/C#N)cc(C)c1-c1cc(F)cc2c(N)nc(Nc3cnc(C#N)cn3)nc12. The van der Waals surface area contributed by atoms with E-state index in [1.165, 1.54) is 30.6 Å². The number of benzene rings is 2. The number of rotatable bonds is 4. The molecule has 2 aromatic carbocycles. The lowest BCUT2D eigenvalue weighted by molar-refractivity contribution is 0.630. The fraction of sp³-hybridized carbons (Fsp3) is 0.0833. The lowest BCUT2D eigenvalue weighted by atomic mass is 9.92. The summed E-state index contributed by atoms with van der Waals surface area (Å²) in [5.74, 6) is 0.139. The highest BCUT2D eigenvalue weighted by molar-refractivity contribution is 6.00. The van der Waals surface area contributed by atoms with E-state index in [1.807, 2.05) is 38.1 Å². The minimum Gasteiger partial charge on any atom is -0.383 e.